The molecule has 4 atom stereocenters. The summed E-state index contributed by atoms with van der Waals surface area (Å²) in [6.45, 7) is -1.35. The van der Waals surface area contributed by atoms with Crippen LogP contribution in [0.4, 0.5) is 4.79 Å². The van der Waals surface area contributed by atoms with Crippen molar-refractivity contribution in [3.8, 4) is 23.0 Å². The Morgan fingerprint density at radius 2 is 1.14 bits per heavy atom. The summed E-state index contributed by atoms with van der Waals surface area (Å²) in [5.74, 6) is -42.7. The predicted molar refractivity (Wildman–Crippen MR) is 210 cm³/mol. The zero-order valence-corrected chi connectivity index (χ0v) is 34.9. The number of carbonyl (C=O) groups is 3. The number of aromatic hydroxyl groups is 3. The summed E-state index contributed by atoms with van der Waals surface area (Å²) in [5.41, 5.74) is -2.71. The fourth-order valence-corrected chi connectivity index (χ4v) is 6.88. The molecule has 0 radical (unpaired) electrons. The molecular formula is C38H49N3O28. The number of benzene rings is 3. The molecule has 0 aliphatic carbocycles. The number of carbonyl (C=O) groups excluding carboxylic acids is 3. The van der Waals surface area contributed by atoms with Crippen molar-refractivity contribution in [2.24, 2.45) is 5.92 Å². The summed E-state index contributed by atoms with van der Waals surface area (Å²) in [6, 6.07) is 11.3. The van der Waals surface area contributed by atoms with Crippen molar-refractivity contribution in [2.45, 2.75) is 91.7 Å². The normalized spacial score (nSPS) is 18.0. The van der Waals surface area contributed by atoms with Crippen LogP contribution in [0.15, 0.2) is 60.7 Å². The Labute approximate surface area is 384 Å². The number of nitrogens with one attached hydrogen (secondary N) is 2. The molecule has 1 heterocycles. The van der Waals surface area contributed by atoms with Crippen molar-refractivity contribution in [1.82, 2.24) is 15.5 Å². The van der Waals surface area contributed by atoms with E-state index in [1.807, 2.05) is 0 Å². The van der Waals surface area contributed by atoms with E-state index in [-0.39, 0.29) is 12.8 Å². The maximum absolute atomic E-state index is 14.1. The minimum Gasteiger partial charge on any atom is -0.504 e. The maximum atomic E-state index is 14.1. The monoisotopic (exact) mass is 995 g/mol. The highest BCUT2D eigenvalue weighted by Crippen LogP contribution is 2.52. The van der Waals surface area contributed by atoms with Crippen LogP contribution in [0.1, 0.15) is 35.1 Å². The molecule has 0 aromatic heterocycles. The second-order valence-corrected chi connectivity index (χ2v) is 15.7. The first-order chi connectivity index (χ1) is 31.4. The molecule has 384 valence electrons. The summed E-state index contributed by atoms with van der Waals surface area (Å²) >= 11 is 0. The highest BCUT2D eigenvalue weighted by atomic mass is 17.2. The van der Waals surface area contributed by atoms with Crippen molar-refractivity contribution in [3.05, 3.63) is 82.9 Å². The van der Waals surface area contributed by atoms with Crippen LogP contribution in [0.5, 0.6) is 23.0 Å². The lowest BCUT2D eigenvalue weighted by Crippen LogP contribution is -2.86. The van der Waals surface area contributed by atoms with Crippen LogP contribution in [0, 0.1) is 5.92 Å². The number of phenolic OH excluding ortho intramolecular Hbond substituents is 3. The molecule has 3 aromatic carbocycles. The van der Waals surface area contributed by atoms with Crippen LogP contribution < -0.4 is 15.4 Å². The Kier molecular flexibility index (Phi) is 16.6. The SMILES string of the molecule is O=C(COc1c(C(O)(O)O)c(O)c(O)c(O)c1C(O)(O)O)CC(Cc1ccccc1)C(O)CC(Cc1ccccc1)NC(=O)C(OOC(C(O)(O)O)C(O)(O)O)N1C(=O)NC(O)(O)C(O)(O)C1(O)O. The van der Waals surface area contributed by atoms with Gasteiger partial charge in [-0.05, 0) is 36.3 Å². The van der Waals surface area contributed by atoms with E-state index in [1.54, 1.807) is 24.3 Å². The molecule has 3 amide bonds. The lowest BCUT2D eigenvalue weighted by molar-refractivity contribution is -0.536. The second-order valence-electron chi connectivity index (χ2n) is 15.7. The first-order valence-corrected chi connectivity index (χ1v) is 19.4. The smallest absolute Gasteiger partial charge is 0.328 e. The number of amides is 3. The number of urea groups is 1. The van der Waals surface area contributed by atoms with Gasteiger partial charge in [-0.1, -0.05) is 60.7 Å². The third kappa shape index (κ3) is 12.8. The number of hydrogen-bond acceptors (Lipinski definition) is 28. The molecule has 0 bridgehead atoms. The molecule has 24 N–H and O–H groups in total. The largest absolute Gasteiger partial charge is 0.504 e. The Morgan fingerprint density at radius 1 is 0.681 bits per heavy atom. The van der Waals surface area contributed by atoms with Gasteiger partial charge in [0.25, 0.3) is 18.2 Å². The molecule has 69 heavy (non-hydrogen) atoms. The molecule has 1 aliphatic heterocycles. The van der Waals surface area contributed by atoms with E-state index in [2.05, 4.69) is 15.1 Å². The van der Waals surface area contributed by atoms with Crippen LogP contribution in [-0.4, -0.2) is 196 Å². The summed E-state index contributed by atoms with van der Waals surface area (Å²) in [4.78, 5) is 48.7. The molecule has 0 saturated carbocycles. The van der Waals surface area contributed by atoms with Crippen LogP contribution in [0.25, 0.3) is 0 Å². The van der Waals surface area contributed by atoms with Crippen LogP contribution in [-0.2, 0) is 44.2 Å². The van der Waals surface area contributed by atoms with Crippen molar-refractivity contribution in [2.75, 3.05) is 6.61 Å². The fourth-order valence-electron chi connectivity index (χ4n) is 6.88. The number of aliphatic hydroxyl groups is 19. The highest BCUT2D eigenvalue weighted by Gasteiger charge is 2.73. The second kappa shape index (κ2) is 20.4. The Balaban J connectivity index is 1.75. The van der Waals surface area contributed by atoms with Gasteiger partial charge in [0.05, 0.1) is 6.10 Å². The molecule has 1 fully saturated rings. The van der Waals surface area contributed by atoms with Crippen LogP contribution in [0.2, 0.25) is 0 Å². The van der Waals surface area contributed by atoms with Gasteiger partial charge >= 0.3 is 47.5 Å². The first kappa shape index (κ1) is 56.0. The van der Waals surface area contributed by atoms with Gasteiger partial charge in [-0.15, -0.1) is 0 Å². The number of nitrogens with zero attached hydrogens (tertiary/aromatic N) is 1. The van der Waals surface area contributed by atoms with E-state index in [4.69, 9.17) is 4.74 Å². The van der Waals surface area contributed by atoms with E-state index < -0.39 is 148 Å². The molecular weight excluding hydrogens is 946 g/mol. The average Bonchev–Trinajstić information content (AvgIpc) is 3.19. The molecule has 31 heteroatoms. The third-order valence-electron chi connectivity index (χ3n) is 10.2. The minimum atomic E-state index is -4.81. The van der Waals surface area contributed by atoms with Crippen molar-refractivity contribution in [1.29, 1.82) is 0 Å². The summed E-state index contributed by atoms with van der Waals surface area (Å²) < 4.78 is 5.12. The number of phenols is 3. The number of aliphatic hydroxyl groups excluding tert-OH is 1. The number of rotatable bonds is 22. The van der Waals surface area contributed by atoms with Gasteiger partial charge in [-0.2, -0.15) is 4.89 Å². The molecule has 3 aromatic rings. The molecule has 1 saturated heterocycles. The summed E-state index contributed by atoms with van der Waals surface area (Å²) in [6.07, 6.45) is -11.0. The van der Waals surface area contributed by atoms with Gasteiger partial charge in [-0.25, -0.2) is 14.6 Å². The van der Waals surface area contributed by atoms with E-state index in [9.17, 15) is 127 Å². The fraction of sp³-hybridized carbons (Fsp3) is 0.447. The first-order valence-electron chi connectivity index (χ1n) is 19.4. The molecule has 4 rings (SSSR count). The number of hydrogen-bond donors (Lipinski definition) is 24. The van der Waals surface area contributed by atoms with Gasteiger partial charge in [0.1, 0.15) is 23.5 Å². The van der Waals surface area contributed by atoms with Crippen LogP contribution >= 0.6 is 0 Å². The standard InChI is InChI=1S/C38H49N3O28/c42-20(15-67-27-22(32(49,50)51)24(44)26(46)25(45)23(27)33(52,53)54)13-18(11-16-7-3-1-4-8-16)21(43)14-19(12-17-9-5-2-6-10-17)39-28(47)29(68-69-30(34(55,56)57)35(58,59)60)41-31(48)40-37(63,64)36(61,62)38(41,65)66/h1-10,18-19,21,29-30,43-46,49-66H,11-15H2,(H,39,47)(H,40,48). The third-order valence-corrected chi connectivity index (χ3v) is 10.2. The number of ketones is 1. The minimum absolute atomic E-state index is 0.237. The zero-order chi connectivity index (χ0) is 52.5. The van der Waals surface area contributed by atoms with Gasteiger partial charge < -0.3 is 122 Å². The predicted octanol–water partition coefficient (Wildman–Crippen LogP) is -9.46. The number of ether oxygens (including phenoxy) is 1. The molecule has 4 unspecified atom stereocenters. The molecule has 0 spiro atoms. The van der Waals surface area contributed by atoms with Gasteiger partial charge in [0, 0.05) is 12.5 Å². The highest BCUT2D eigenvalue weighted by molar-refractivity contribution is 5.87. The topological polar surface area (TPSA) is 551 Å². The quantitative estimate of drug-likeness (QED) is 0.0192. The summed E-state index contributed by atoms with van der Waals surface area (Å²) in [5, 5.41) is 224. The van der Waals surface area contributed by atoms with Crippen molar-refractivity contribution >= 4 is 17.7 Å². The number of Topliss-reactive ketones (excluding diaryl/α,β-unsaturated/α-hetero) is 1. The maximum Gasteiger partial charge on any atom is 0.328 e. The van der Waals surface area contributed by atoms with Crippen molar-refractivity contribution < 1.29 is 141 Å². The molecule has 31 nitrogen and oxygen atoms in total. The molecule has 1 aliphatic rings. The van der Waals surface area contributed by atoms with E-state index in [0.717, 1.165) is 5.32 Å². The average molecular weight is 996 g/mol. The Hall–Kier alpha value is -5.57. The lowest BCUT2D eigenvalue weighted by Gasteiger charge is -2.52. The van der Waals surface area contributed by atoms with E-state index in [0.29, 0.717) is 11.1 Å². The van der Waals surface area contributed by atoms with Gasteiger partial charge in [-0.3, -0.25) is 14.9 Å². The van der Waals surface area contributed by atoms with Gasteiger partial charge in [0.15, 0.2) is 17.3 Å². The van der Waals surface area contributed by atoms with E-state index >= 15 is 0 Å². The van der Waals surface area contributed by atoms with Crippen molar-refractivity contribution in [3.63, 3.8) is 0 Å². The Bertz CT molecular complexity index is 2210. The zero-order valence-electron chi connectivity index (χ0n) is 34.9. The Morgan fingerprint density at radius 3 is 1.59 bits per heavy atom. The van der Waals surface area contributed by atoms with E-state index in [1.165, 1.54) is 36.4 Å². The lowest BCUT2D eigenvalue weighted by atomic mass is 9.85. The summed E-state index contributed by atoms with van der Waals surface area (Å²) in [7, 11) is 0. The van der Waals surface area contributed by atoms with Gasteiger partial charge in [0.2, 0.25) is 5.75 Å². The van der Waals surface area contributed by atoms with Crippen LogP contribution in [0.3, 0.4) is 0 Å².